The first-order chi connectivity index (χ1) is 8.83. The summed E-state index contributed by atoms with van der Waals surface area (Å²) in [6.07, 6.45) is 8.89. The molecule has 94 valence electrons. The van der Waals surface area contributed by atoms with Crippen molar-refractivity contribution >= 4 is 5.69 Å². The minimum atomic E-state index is 0.0706. The molecule has 2 aromatic heterocycles. The summed E-state index contributed by atoms with van der Waals surface area (Å²) in [4.78, 5) is 4.29. The Bertz CT molecular complexity index is 514. The van der Waals surface area contributed by atoms with Crippen LogP contribution in [-0.2, 0) is 4.74 Å². The zero-order valence-corrected chi connectivity index (χ0v) is 10.1. The molecular weight excluding hydrogens is 228 g/mol. The number of rotatable bonds is 2. The van der Waals surface area contributed by atoms with Crippen LogP contribution in [-0.4, -0.2) is 21.4 Å². The van der Waals surface area contributed by atoms with E-state index in [1.807, 2.05) is 29.2 Å². The van der Waals surface area contributed by atoms with Crippen molar-refractivity contribution in [1.29, 1.82) is 0 Å². The highest BCUT2D eigenvalue weighted by Crippen LogP contribution is 2.24. The summed E-state index contributed by atoms with van der Waals surface area (Å²) in [6, 6.07) is 3.75. The second-order valence-corrected chi connectivity index (χ2v) is 4.51. The van der Waals surface area contributed by atoms with Gasteiger partial charge in [0.15, 0.2) is 0 Å². The van der Waals surface area contributed by atoms with Gasteiger partial charge in [-0.3, -0.25) is 4.98 Å². The molecule has 1 fully saturated rings. The number of nitrogens with zero attached hydrogens (tertiary/aromatic N) is 3. The molecule has 1 atom stereocenters. The Morgan fingerprint density at radius 1 is 1.28 bits per heavy atom. The van der Waals surface area contributed by atoms with Crippen LogP contribution in [0.4, 0.5) is 5.69 Å². The first-order valence-electron chi connectivity index (χ1n) is 6.20. The molecule has 0 aromatic carbocycles. The Hall–Kier alpha value is -1.88. The molecule has 3 heterocycles. The Labute approximate surface area is 106 Å². The summed E-state index contributed by atoms with van der Waals surface area (Å²) in [5.41, 5.74) is 8.16. The lowest BCUT2D eigenvalue weighted by molar-refractivity contribution is -0.0394. The fourth-order valence-corrected chi connectivity index (χ4v) is 2.14. The second kappa shape index (κ2) is 4.78. The van der Waals surface area contributed by atoms with Crippen LogP contribution < -0.4 is 5.73 Å². The number of ether oxygens (including phenoxy) is 1. The zero-order chi connectivity index (χ0) is 12.4. The lowest BCUT2D eigenvalue weighted by Gasteiger charge is -2.22. The topological polar surface area (TPSA) is 66.0 Å². The number of hydrogen-bond acceptors (Lipinski definition) is 4. The minimum absolute atomic E-state index is 0.0706. The van der Waals surface area contributed by atoms with E-state index >= 15 is 0 Å². The van der Waals surface area contributed by atoms with Crippen LogP contribution in [0.1, 0.15) is 25.5 Å². The van der Waals surface area contributed by atoms with Gasteiger partial charge in [0.25, 0.3) is 0 Å². The SMILES string of the molecule is Nc1ccc(-c2cnn(C3CCCCO3)c2)nc1. The Balaban J connectivity index is 1.82. The van der Waals surface area contributed by atoms with Crippen LogP contribution in [0.5, 0.6) is 0 Å². The molecule has 1 aliphatic rings. The van der Waals surface area contributed by atoms with Gasteiger partial charge >= 0.3 is 0 Å². The molecule has 1 saturated heterocycles. The van der Waals surface area contributed by atoms with E-state index in [2.05, 4.69) is 10.1 Å². The maximum atomic E-state index is 5.69. The van der Waals surface area contributed by atoms with Gasteiger partial charge < -0.3 is 10.5 Å². The molecule has 5 nitrogen and oxygen atoms in total. The summed E-state index contributed by atoms with van der Waals surface area (Å²) in [7, 11) is 0. The molecule has 2 aromatic rings. The van der Waals surface area contributed by atoms with E-state index in [4.69, 9.17) is 10.5 Å². The third-order valence-corrected chi connectivity index (χ3v) is 3.13. The van der Waals surface area contributed by atoms with E-state index < -0.39 is 0 Å². The highest BCUT2D eigenvalue weighted by atomic mass is 16.5. The van der Waals surface area contributed by atoms with Crippen LogP contribution in [0.25, 0.3) is 11.3 Å². The standard InChI is InChI=1S/C13H16N4O/c14-11-4-5-12(15-8-11)10-7-16-17(9-10)13-3-1-2-6-18-13/h4-5,7-9,13H,1-3,6,14H2. The fourth-order valence-electron chi connectivity index (χ4n) is 2.14. The van der Waals surface area contributed by atoms with Crippen molar-refractivity contribution in [2.24, 2.45) is 0 Å². The highest BCUT2D eigenvalue weighted by molar-refractivity contribution is 5.58. The summed E-state index contributed by atoms with van der Waals surface area (Å²) >= 11 is 0. The van der Waals surface area contributed by atoms with Gasteiger partial charge in [0.1, 0.15) is 6.23 Å². The first-order valence-corrected chi connectivity index (χ1v) is 6.20. The maximum absolute atomic E-state index is 5.69. The predicted molar refractivity (Wildman–Crippen MR) is 68.7 cm³/mol. The van der Waals surface area contributed by atoms with Crippen molar-refractivity contribution in [3.63, 3.8) is 0 Å². The molecule has 0 spiro atoms. The van der Waals surface area contributed by atoms with E-state index in [9.17, 15) is 0 Å². The molecule has 0 radical (unpaired) electrons. The average molecular weight is 244 g/mol. The lowest BCUT2D eigenvalue weighted by atomic mass is 10.2. The Morgan fingerprint density at radius 3 is 2.94 bits per heavy atom. The van der Waals surface area contributed by atoms with E-state index in [0.717, 1.165) is 30.7 Å². The number of aromatic nitrogens is 3. The minimum Gasteiger partial charge on any atom is -0.397 e. The molecule has 2 N–H and O–H groups in total. The van der Waals surface area contributed by atoms with Crippen molar-refractivity contribution in [2.45, 2.75) is 25.5 Å². The second-order valence-electron chi connectivity index (χ2n) is 4.51. The summed E-state index contributed by atoms with van der Waals surface area (Å²) < 4.78 is 7.57. The number of nitrogen functional groups attached to an aromatic ring is 1. The molecule has 5 heteroatoms. The molecule has 0 saturated carbocycles. The van der Waals surface area contributed by atoms with Crippen molar-refractivity contribution in [3.8, 4) is 11.3 Å². The summed E-state index contributed by atoms with van der Waals surface area (Å²) in [5.74, 6) is 0. The highest BCUT2D eigenvalue weighted by Gasteiger charge is 2.16. The van der Waals surface area contributed by atoms with Crippen molar-refractivity contribution < 1.29 is 4.74 Å². The molecule has 18 heavy (non-hydrogen) atoms. The fraction of sp³-hybridized carbons (Fsp3) is 0.385. The van der Waals surface area contributed by atoms with Gasteiger partial charge in [-0.1, -0.05) is 0 Å². The smallest absolute Gasteiger partial charge is 0.150 e. The van der Waals surface area contributed by atoms with Crippen LogP contribution in [0, 0.1) is 0 Å². The molecule has 1 unspecified atom stereocenters. The average Bonchev–Trinajstić information content (AvgIpc) is 2.90. The molecule has 0 bridgehead atoms. The van der Waals surface area contributed by atoms with Gasteiger partial charge in [0, 0.05) is 18.4 Å². The number of nitrogens with two attached hydrogens (primary N) is 1. The summed E-state index contributed by atoms with van der Waals surface area (Å²) in [6.45, 7) is 0.819. The van der Waals surface area contributed by atoms with Gasteiger partial charge in [0.05, 0.1) is 23.8 Å². The molecule has 0 amide bonds. The van der Waals surface area contributed by atoms with E-state index in [-0.39, 0.29) is 6.23 Å². The van der Waals surface area contributed by atoms with E-state index in [1.54, 1.807) is 6.20 Å². The molecule has 0 aliphatic carbocycles. The monoisotopic (exact) mass is 244 g/mol. The quantitative estimate of drug-likeness (QED) is 0.879. The predicted octanol–water partition coefficient (Wildman–Crippen LogP) is 2.23. The first kappa shape index (κ1) is 11.2. The van der Waals surface area contributed by atoms with Crippen LogP contribution >= 0.6 is 0 Å². The third-order valence-electron chi connectivity index (χ3n) is 3.13. The largest absolute Gasteiger partial charge is 0.397 e. The van der Waals surface area contributed by atoms with Crippen molar-refractivity contribution in [3.05, 3.63) is 30.7 Å². The van der Waals surface area contributed by atoms with Crippen molar-refractivity contribution in [1.82, 2.24) is 14.8 Å². The number of pyridine rings is 1. The van der Waals surface area contributed by atoms with Crippen LogP contribution in [0.2, 0.25) is 0 Å². The normalized spacial score (nSPS) is 19.9. The van der Waals surface area contributed by atoms with E-state index in [0.29, 0.717) is 5.69 Å². The van der Waals surface area contributed by atoms with Gasteiger partial charge in [-0.25, -0.2) is 4.68 Å². The van der Waals surface area contributed by atoms with E-state index in [1.165, 1.54) is 6.42 Å². The summed E-state index contributed by atoms with van der Waals surface area (Å²) in [5, 5.41) is 4.36. The third kappa shape index (κ3) is 2.22. The zero-order valence-electron chi connectivity index (χ0n) is 10.1. The van der Waals surface area contributed by atoms with Gasteiger partial charge in [-0.05, 0) is 31.4 Å². The van der Waals surface area contributed by atoms with Gasteiger partial charge in [-0.15, -0.1) is 0 Å². The number of hydrogen-bond donors (Lipinski definition) is 1. The maximum Gasteiger partial charge on any atom is 0.150 e. The van der Waals surface area contributed by atoms with Gasteiger partial charge in [0.2, 0.25) is 0 Å². The van der Waals surface area contributed by atoms with Gasteiger partial charge in [-0.2, -0.15) is 5.10 Å². The Kier molecular flexibility index (Phi) is 2.98. The van der Waals surface area contributed by atoms with Crippen LogP contribution in [0.3, 0.4) is 0 Å². The number of anilines is 1. The van der Waals surface area contributed by atoms with Crippen molar-refractivity contribution in [2.75, 3.05) is 12.3 Å². The Morgan fingerprint density at radius 2 is 2.22 bits per heavy atom. The molecular formula is C13H16N4O. The molecule has 1 aliphatic heterocycles. The molecule has 3 rings (SSSR count). The lowest BCUT2D eigenvalue weighted by Crippen LogP contribution is -2.18. The van der Waals surface area contributed by atoms with Crippen LogP contribution in [0.15, 0.2) is 30.7 Å².